The number of piperidine rings is 1. The van der Waals surface area contributed by atoms with Crippen molar-refractivity contribution in [3.8, 4) is 0 Å². The van der Waals surface area contributed by atoms with Crippen LogP contribution in [0.25, 0.3) is 0 Å². The highest BCUT2D eigenvalue weighted by molar-refractivity contribution is 5.91. The molecule has 1 spiro atoms. The third-order valence-electron chi connectivity index (χ3n) is 6.22. The predicted molar refractivity (Wildman–Crippen MR) is 100 cm³/mol. The van der Waals surface area contributed by atoms with Crippen molar-refractivity contribution in [2.45, 2.75) is 19.4 Å². The topological polar surface area (TPSA) is 63.7 Å². The van der Waals surface area contributed by atoms with Crippen LogP contribution in [0.1, 0.15) is 29.0 Å². The summed E-state index contributed by atoms with van der Waals surface area (Å²) in [5.41, 5.74) is 1.40. The third kappa shape index (κ3) is 3.66. The molecule has 0 saturated carbocycles. The van der Waals surface area contributed by atoms with Crippen LogP contribution in [-0.4, -0.2) is 65.4 Å². The number of aryl methyl sites for hydroxylation is 1. The maximum Gasteiger partial charge on any atom is 0.289 e. The average molecular weight is 372 g/mol. The Labute approximate surface area is 159 Å². The summed E-state index contributed by atoms with van der Waals surface area (Å²) in [7, 11) is 3.70. The number of amides is 1. The summed E-state index contributed by atoms with van der Waals surface area (Å²) in [5.74, 6) is 0.801. The van der Waals surface area contributed by atoms with E-state index in [-0.39, 0.29) is 11.3 Å². The first-order valence-corrected chi connectivity index (χ1v) is 9.61. The third-order valence-corrected chi connectivity index (χ3v) is 6.22. The van der Waals surface area contributed by atoms with E-state index in [1.165, 1.54) is 5.56 Å². The Kier molecular flexibility index (Phi) is 5.06. The molecular weight excluding hydrogens is 344 g/mol. The fraction of sp³-hybridized carbons (Fsp3) is 0.600. The zero-order chi connectivity index (χ0) is 18.9. The van der Waals surface area contributed by atoms with Crippen molar-refractivity contribution in [3.05, 3.63) is 42.1 Å². The number of rotatable bonds is 5. The molecule has 2 aliphatic rings. The maximum absolute atomic E-state index is 12.8. The van der Waals surface area contributed by atoms with E-state index in [4.69, 9.17) is 9.15 Å². The maximum atomic E-state index is 12.8. The van der Waals surface area contributed by atoms with Gasteiger partial charge in [0.1, 0.15) is 0 Å². The quantitative estimate of drug-likeness (QED) is 0.803. The second-order valence-corrected chi connectivity index (χ2v) is 7.98. The lowest BCUT2D eigenvalue weighted by Crippen LogP contribution is -2.45. The number of nitrogens with zero attached hydrogens (tertiary/aromatic N) is 4. The number of carbonyl (C=O) groups is 1. The van der Waals surface area contributed by atoms with Crippen molar-refractivity contribution in [3.63, 3.8) is 0 Å². The lowest BCUT2D eigenvalue weighted by atomic mass is 9.71. The van der Waals surface area contributed by atoms with Gasteiger partial charge in [-0.25, -0.2) is 0 Å². The van der Waals surface area contributed by atoms with Gasteiger partial charge in [-0.15, -0.1) is 0 Å². The van der Waals surface area contributed by atoms with E-state index in [0.29, 0.717) is 18.3 Å². The Morgan fingerprint density at radius 1 is 1.41 bits per heavy atom. The number of aromatic nitrogens is 2. The number of carbonyl (C=O) groups excluding carboxylic acids is 1. The minimum Gasteiger partial charge on any atom is -0.459 e. The predicted octanol–water partition coefficient (Wildman–Crippen LogP) is 2.01. The zero-order valence-corrected chi connectivity index (χ0v) is 16.1. The van der Waals surface area contributed by atoms with E-state index in [1.54, 1.807) is 25.5 Å². The van der Waals surface area contributed by atoms with Crippen molar-refractivity contribution in [2.75, 3.05) is 39.9 Å². The fourth-order valence-electron chi connectivity index (χ4n) is 4.71. The molecular formula is C20H28N4O3. The number of hydrogen-bond donors (Lipinski definition) is 0. The number of likely N-dealkylation sites (tertiary alicyclic amines) is 2. The summed E-state index contributed by atoms with van der Waals surface area (Å²) in [4.78, 5) is 17.2. The number of ether oxygens (including phenoxy) is 1. The van der Waals surface area contributed by atoms with Crippen LogP contribution < -0.4 is 0 Å². The minimum atomic E-state index is -0.00392. The second-order valence-electron chi connectivity index (χ2n) is 7.98. The van der Waals surface area contributed by atoms with E-state index >= 15 is 0 Å². The molecule has 0 bridgehead atoms. The van der Waals surface area contributed by atoms with Gasteiger partial charge in [0.2, 0.25) is 0 Å². The normalized spacial score (nSPS) is 22.6. The van der Waals surface area contributed by atoms with Crippen LogP contribution in [0.3, 0.4) is 0 Å². The number of furan rings is 1. The summed E-state index contributed by atoms with van der Waals surface area (Å²) < 4.78 is 12.7. The van der Waals surface area contributed by atoms with Gasteiger partial charge in [-0.3, -0.25) is 14.4 Å². The van der Waals surface area contributed by atoms with Crippen LogP contribution in [0.15, 0.2) is 35.2 Å². The molecule has 2 fully saturated rings. The van der Waals surface area contributed by atoms with E-state index in [1.807, 2.05) is 22.8 Å². The molecule has 146 valence electrons. The Bertz CT molecular complexity index is 762. The summed E-state index contributed by atoms with van der Waals surface area (Å²) in [6.45, 7) is 5.26. The fourth-order valence-corrected chi connectivity index (χ4v) is 4.71. The van der Waals surface area contributed by atoms with Crippen LogP contribution in [0.4, 0.5) is 0 Å². The molecule has 0 radical (unpaired) electrons. The van der Waals surface area contributed by atoms with E-state index < -0.39 is 0 Å². The summed E-state index contributed by atoms with van der Waals surface area (Å²) in [6, 6.07) is 3.51. The van der Waals surface area contributed by atoms with Crippen molar-refractivity contribution in [1.29, 1.82) is 0 Å². The van der Waals surface area contributed by atoms with Gasteiger partial charge in [0.25, 0.3) is 5.91 Å². The smallest absolute Gasteiger partial charge is 0.289 e. The largest absolute Gasteiger partial charge is 0.459 e. The molecule has 2 aromatic heterocycles. The molecule has 7 heteroatoms. The van der Waals surface area contributed by atoms with E-state index in [9.17, 15) is 4.79 Å². The van der Waals surface area contributed by atoms with Crippen molar-refractivity contribution < 1.29 is 13.9 Å². The number of hydrogen-bond acceptors (Lipinski definition) is 5. The first-order valence-electron chi connectivity index (χ1n) is 9.61. The Balaban J connectivity index is 1.42. The first kappa shape index (κ1) is 18.3. The molecule has 4 rings (SSSR count). The highest BCUT2D eigenvalue weighted by Gasteiger charge is 2.49. The van der Waals surface area contributed by atoms with Crippen molar-refractivity contribution in [1.82, 2.24) is 19.6 Å². The molecule has 0 N–H and O–H groups in total. The molecule has 0 aliphatic carbocycles. The van der Waals surface area contributed by atoms with Crippen molar-refractivity contribution >= 4 is 5.91 Å². The molecule has 1 unspecified atom stereocenters. The van der Waals surface area contributed by atoms with Crippen LogP contribution in [-0.2, 0) is 18.3 Å². The van der Waals surface area contributed by atoms with Crippen LogP contribution in [0.5, 0.6) is 0 Å². The van der Waals surface area contributed by atoms with Gasteiger partial charge in [-0.2, -0.15) is 5.10 Å². The van der Waals surface area contributed by atoms with Gasteiger partial charge >= 0.3 is 0 Å². The molecule has 0 aromatic carbocycles. The van der Waals surface area contributed by atoms with Crippen molar-refractivity contribution in [2.24, 2.45) is 18.4 Å². The first-order chi connectivity index (χ1) is 13.1. The average Bonchev–Trinajstić information content (AvgIpc) is 3.39. The van der Waals surface area contributed by atoms with Gasteiger partial charge in [-0.1, -0.05) is 0 Å². The molecule has 27 heavy (non-hydrogen) atoms. The minimum absolute atomic E-state index is 0.00392. The molecule has 7 nitrogen and oxygen atoms in total. The van der Waals surface area contributed by atoms with E-state index in [0.717, 1.165) is 45.6 Å². The van der Waals surface area contributed by atoms with Crippen LogP contribution in [0.2, 0.25) is 0 Å². The SMILES string of the molecule is COCC1CN(C(=O)c2ccco2)CC12CCN(Cc1cnn(C)c1)CC2. The Morgan fingerprint density at radius 2 is 2.22 bits per heavy atom. The molecule has 2 aromatic rings. The molecule has 2 saturated heterocycles. The van der Waals surface area contributed by atoms with Gasteiger partial charge in [0, 0.05) is 51.5 Å². The summed E-state index contributed by atoms with van der Waals surface area (Å²) in [6.07, 6.45) is 7.75. The lowest BCUT2D eigenvalue weighted by Gasteiger charge is -2.42. The summed E-state index contributed by atoms with van der Waals surface area (Å²) >= 11 is 0. The van der Waals surface area contributed by atoms with Gasteiger partial charge in [0.15, 0.2) is 5.76 Å². The standard InChI is InChI=1S/C20H28N4O3/c1-22-11-16(10-21-22)12-23-7-5-20(6-8-23)15-24(13-17(20)14-26-2)19(25)18-4-3-9-27-18/h3-4,9-11,17H,5-8,12-15H2,1-2H3. The second kappa shape index (κ2) is 7.48. The van der Waals surface area contributed by atoms with Gasteiger partial charge < -0.3 is 14.1 Å². The highest BCUT2D eigenvalue weighted by atomic mass is 16.5. The number of methoxy groups -OCH3 is 1. The highest BCUT2D eigenvalue weighted by Crippen LogP contribution is 2.45. The van der Waals surface area contributed by atoms with Crippen LogP contribution >= 0.6 is 0 Å². The summed E-state index contributed by atoms with van der Waals surface area (Å²) in [5, 5.41) is 4.26. The lowest BCUT2D eigenvalue weighted by molar-refractivity contribution is 0.0347. The van der Waals surface area contributed by atoms with E-state index in [2.05, 4.69) is 16.2 Å². The zero-order valence-electron chi connectivity index (χ0n) is 16.1. The molecule has 1 atom stereocenters. The monoisotopic (exact) mass is 372 g/mol. The molecule has 2 aliphatic heterocycles. The van der Waals surface area contributed by atoms with Gasteiger partial charge in [-0.05, 0) is 43.5 Å². The molecule has 1 amide bonds. The Morgan fingerprint density at radius 3 is 2.85 bits per heavy atom. The Hall–Kier alpha value is -2.12. The molecule has 4 heterocycles. The van der Waals surface area contributed by atoms with Gasteiger partial charge in [0.05, 0.1) is 19.1 Å². The van der Waals surface area contributed by atoms with Crippen LogP contribution in [0, 0.1) is 11.3 Å².